The van der Waals surface area contributed by atoms with E-state index in [0.29, 0.717) is 23.7 Å². The van der Waals surface area contributed by atoms with Crippen molar-refractivity contribution in [1.29, 1.82) is 0 Å². The molecule has 1 fully saturated rings. The monoisotopic (exact) mass is 422 g/mol. The van der Waals surface area contributed by atoms with Crippen molar-refractivity contribution in [3.8, 4) is 11.5 Å². The van der Waals surface area contributed by atoms with Crippen molar-refractivity contribution in [1.82, 2.24) is 4.90 Å². The van der Waals surface area contributed by atoms with Gasteiger partial charge >= 0.3 is 0 Å². The zero-order chi connectivity index (χ0) is 21.8. The Balaban J connectivity index is 1.49. The fraction of sp³-hybridized carbons (Fsp3) is 0.400. The maximum Gasteiger partial charge on any atom is 0.255 e. The third-order valence-corrected chi connectivity index (χ3v) is 5.46. The van der Waals surface area contributed by atoms with E-state index in [-0.39, 0.29) is 24.7 Å². The quantitative estimate of drug-likeness (QED) is 0.759. The van der Waals surface area contributed by atoms with E-state index in [4.69, 9.17) is 14.2 Å². The molecular weight excluding hydrogens is 392 g/mol. The second-order valence-corrected chi connectivity index (χ2v) is 8.13. The second-order valence-electron chi connectivity index (χ2n) is 8.13. The van der Waals surface area contributed by atoms with E-state index < -0.39 is 0 Å². The van der Waals surface area contributed by atoms with Crippen LogP contribution in [0.2, 0.25) is 0 Å². The first-order chi connectivity index (χ1) is 15.0. The second kappa shape index (κ2) is 9.54. The summed E-state index contributed by atoms with van der Waals surface area (Å²) < 4.78 is 17.3. The van der Waals surface area contributed by atoms with Crippen molar-refractivity contribution in [2.45, 2.75) is 39.5 Å². The molecule has 0 aliphatic carbocycles. The fourth-order valence-corrected chi connectivity index (χ4v) is 4.22. The van der Waals surface area contributed by atoms with Gasteiger partial charge in [-0.2, -0.15) is 0 Å². The van der Waals surface area contributed by atoms with Crippen LogP contribution in [0.5, 0.6) is 11.5 Å². The van der Waals surface area contributed by atoms with Crippen LogP contribution in [0.4, 0.5) is 5.69 Å². The zero-order valence-corrected chi connectivity index (χ0v) is 18.4. The minimum absolute atomic E-state index is 0.149. The largest absolute Gasteiger partial charge is 0.490 e. The van der Waals surface area contributed by atoms with Crippen LogP contribution in [-0.4, -0.2) is 49.3 Å². The van der Waals surface area contributed by atoms with Crippen LogP contribution in [0, 0.1) is 0 Å². The molecule has 0 spiro atoms. The van der Waals surface area contributed by atoms with Crippen molar-refractivity contribution in [3.63, 3.8) is 0 Å². The number of fused-ring (bicyclic) bond motifs is 1. The van der Waals surface area contributed by atoms with Crippen molar-refractivity contribution in [2.75, 3.05) is 31.6 Å². The van der Waals surface area contributed by atoms with Crippen molar-refractivity contribution >= 4 is 17.7 Å². The van der Waals surface area contributed by atoms with Crippen LogP contribution in [0.25, 0.3) is 6.08 Å². The van der Waals surface area contributed by atoms with Crippen LogP contribution in [0.3, 0.4) is 0 Å². The number of carbonyl (C=O) groups is 1. The predicted molar refractivity (Wildman–Crippen MR) is 121 cm³/mol. The molecule has 4 rings (SSSR count). The molecule has 1 amide bonds. The lowest BCUT2D eigenvalue weighted by Gasteiger charge is -2.35. The van der Waals surface area contributed by atoms with Gasteiger partial charge in [0, 0.05) is 30.9 Å². The molecule has 0 bridgehead atoms. The number of nitrogens with one attached hydrogen (secondary N) is 1. The van der Waals surface area contributed by atoms with Crippen LogP contribution in [0.1, 0.15) is 31.9 Å². The molecule has 2 aromatic rings. The average Bonchev–Trinajstić information content (AvgIpc) is 2.74. The van der Waals surface area contributed by atoms with Crippen molar-refractivity contribution in [2.24, 2.45) is 0 Å². The summed E-state index contributed by atoms with van der Waals surface area (Å²) in [5.41, 5.74) is 3.36. The summed E-state index contributed by atoms with van der Waals surface area (Å²) in [5, 5.41) is 3.09. The molecule has 6 heteroatoms. The molecule has 1 N–H and O–H groups in total. The van der Waals surface area contributed by atoms with Gasteiger partial charge in [0.1, 0.15) is 6.61 Å². The smallest absolute Gasteiger partial charge is 0.255 e. The number of morpholine rings is 1. The summed E-state index contributed by atoms with van der Waals surface area (Å²) in [6.07, 6.45) is 2.29. The maximum absolute atomic E-state index is 13.0. The van der Waals surface area contributed by atoms with Crippen molar-refractivity contribution in [3.05, 3.63) is 59.2 Å². The summed E-state index contributed by atoms with van der Waals surface area (Å²) in [4.78, 5) is 15.4. The fourth-order valence-electron chi connectivity index (χ4n) is 4.22. The number of benzene rings is 2. The number of anilines is 1. The van der Waals surface area contributed by atoms with Gasteiger partial charge in [-0.25, -0.2) is 0 Å². The Morgan fingerprint density at radius 1 is 1.13 bits per heavy atom. The summed E-state index contributed by atoms with van der Waals surface area (Å²) in [6.45, 7) is 9.44. The van der Waals surface area contributed by atoms with Gasteiger partial charge in [0.2, 0.25) is 0 Å². The Morgan fingerprint density at radius 2 is 1.90 bits per heavy atom. The van der Waals surface area contributed by atoms with E-state index >= 15 is 0 Å². The molecule has 6 nitrogen and oxygen atoms in total. The highest BCUT2D eigenvalue weighted by molar-refractivity contribution is 6.08. The molecule has 2 aliphatic heterocycles. The normalized spacial score (nSPS) is 20.9. The lowest BCUT2D eigenvalue weighted by molar-refractivity contribution is -0.113. The number of amides is 1. The molecule has 2 heterocycles. The standard InChI is InChI=1S/C25H30N2O4/c1-4-29-23-11-7-9-19-12-21(16-30-24(19)23)25(28)26-22-10-6-5-8-20(22)15-27-13-17(2)31-18(3)14-27/h5-12,17-18H,4,13-16H2,1-3H3,(H,26,28). The van der Waals surface area contributed by atoms with Gasteiger partial charge in [0.15, 0.2) is 11.5 Å². The van der Waals surface area contributed by atoms with E-state index in [0.717, 1.165) is 36.4 Å². The number of nitrogens with zero attached hydrogens (tertiary/aromatic N) is 1. The molecule has 1 saturated heterocycles. The summed E-state index contributed by atoms with van der Waals surface area (Å²) in [5.74, 6) is 1.25. The van der Waals surface area contributed by atoms with E-state index in [1.807, 2.05) is 49.4 Å². The molecule has 0 radical (unpaired) electrons. The Bertz CT molecular complexity index is 962. The third kappa shape index (κ3) is 5.09. The van der Waals surface area contributed by atoms with Crippen molar-refractivity contribution < 1.29 is 19.0 Å². The number of carbonyl (C=O) groups excluding carboxylic acids is 1. The highest BCUT2D eigenvalue weighted by atomic mass is 16.5. The molecule has 2 unspecified atom stereocenters. The van der Waals surface area contributed by atoms with Gasteiger partial charge in [-0.3, -0.25) is 9.69 Å². The molecule has 2 atom stereocenters. The lowest BCUT2D eigenvalue weighted by atomic mass is 10.1. The van der Waals surface area contributed by atoms with Gasteiger partial charge < -0.3 is 19.5 Å². The predicted octanol–water partition coefficient (Wildman–Crippen LogP) is 4.11. The van der Waals surface area contributed by atoms with Crippen LogP contribution in [-0.2, 0) is 16.1 Å². The first kappa shape index (κ1) is 21.4. The summed E-state index contributed by atoms with van der Waals surface area (Å²) in [6, 6.07) is 13.7. The number of para-hydroxylation sites is 2. The lowest BCUT2D eigenvalue weighted by Crippen LogP contribution is -2.44. The minimum atomic E-state index is -0.149. The summed E-state index contributed by atoms with van der Waals surface area (Å²) >= 11 is 0. The number of ether oxygens (including phenoxy) is 3. The van der Waals surface area contributed by atoms with Gasteiger partial charge in [-0.05, 0) is 44.5 Å². The van der Waals surface area contributed by atoms with Crippen LogP contribution >= 0.6 is 0 Å². The Morgan fingerprint density at radius 3 is 2.68 bits per heavy atom. The zero-order valence-electron chi connectivity index (χ0n) is 18.4. The maximum atomic E-state index is 13.0. The van der Waals surface area contributed by atoms with Gasteiger partial charge in [0.05, 0.1) is 24.4 Å². The number of hydrogen-bond acceptors (Lipinski definition) is 5. The Hall–Kier alpha value is -2.83. The molecular formula is C25H30N2O4. The highest BCUT2D eigenvalue weighted by Crippen LogP contribution is 2.36. The van der Waals surface area contributed by atoms with E-state index in [9.17, 15) is 4.79 Å². The topological polar surface area (TPSA) is 60.0 Å². The molecule has 31 heavy (non-hydrogen) atoms. The van der Waals surface area contributed by atoms with E-state index in [2.05, 4.69) is 30.1 Å². The molecule has 0 aromatic heterocycles. The van der Waals surface area contributed by atoms with Gasteiger partial charge in [0.25, 0.3) is 5.91 Å². The Kier molecular flexibility index (Phi) is 6.59. The van der Waals surface area contributed by atoms with Crippen LogP contribution < -0.4 is 14.8 Å². The van der Waals surface area contributed by atoms with Gasteiger partial charge in [-0.15, -0.1) is 0 Å². The third-order valence-electron chi connectivity index (χ3n) is 5.46. The highest BCUT2D eigenvalue weighted by Gasteiger charge is 2.24. The average molecular weight is 423 g/mol. The van der Waals surface area contributed by atoms with E-state index in [1.54, 1.807) is 0 Å². The van der Waals surface area contributed by atoms with Crippen LogP contribution in [0.15, 0.2) is 48.0 Å². The van der Waals surface area contributed by atoms with Gasteiger partial charge in [-0.1, -0.05) is 30.3 Å². The van der Waals surface area contributed by atoms with E-state index in [1.165, 1.54) is 0 Å². The number of rotatable bonds is 6. The summed E-state index contributed by atoms with van der Waals surface area (Å²) in [7, 11) is 0. The Labute approximate surface area is 183 Å². The SMILES string of the molecule is CCOc1cccc2c1OCC(C(=O)Nc1ccccc1CN1CC(C)OC(C)C1)=C2. The first-order valence-electron chi connectivity index (χ1n) is 10.9. The number of hydrogen-bond donors (Lipinski definition) is 1. The minimum Gasteiger partial charge on any atom is -0.490 e. The first-order valence-corrected chi connectivity index (χ1v) is 10.9. The molecule has 0 saturated carbocycles. The molecule has 2 aliphatic rings. The molecule has 164 valence electrons. The molecule has 2 aromatic carbocycles.